The fraction of sp³-hybridized carbons (Fsp3) is 1.00. The van der Waals surface area contributed by atoms with Crippen LogP contribution in [0.15, 0.2) is 0 Å². The van der Waals surface area contributed by atoms with Crippen molar-refractivity contribution in [2.75, 3.05) is 19.6 Å². The van der Waals surface area contributed by atoms with E-state index < -0.39 is 0 Å². The molecule has 18 heavy (non-hydrogen) atoms. The van der Waals surface area contributed by atoms with E-state index in [1.807, 2.05) is 0 Å². The molecule has 2 heteroatoms. The molecule has 1 aliphatic carbocycles. The zero-order valence-electron chi connectivity index (χ0n) is 12.8. The van der Waals surface area contributed by atoms with E-state index in [0.29, 0.717) is 11.0 Å². The lowest BCUT2D eigenvalue weighted by molar-refractivity contribution is -0.0108. The Morgan fingerprint density at radius 3 is 2.50 bits per heavy atom. The normalized spacial score (nSPS) is 41.2. The zero-order chi connectivity index (χ0) is 13.4. The monoisotopic (exact) mass is 252 g/mol. The average molecular weight is 252 g/mol. The molecule has 0 amide bonds. The molecule has 2 fully saturated rings. The second kappa shape index (κ2) is 5.13. The molecule has 1 saturated carbocycles. The van der Waals surface area contributed by atoms with Gasteiger partial charge in [0.25, 0.3) is 0 Å². The molecule has 0 spiro atoms. The highest BCUT2D eigenvalue weighted by Crippen LogP contribution is 2.47. The van der Waals surface area contributed by atoms with E-state index in [9.17, 15) is 0 Å². The standard InChI is InChI=1S/C16H32N2/c1-5-14-6-9-18(11-14)16(12-17)8-7-15(3,4)10-13(16)2/h13-14H,5-12,17H2,1-4H3. The Morgan fingerprint density at radius 2 is 2.00 bits per heavy atom. The Labute approximate surface area is 113 Å². The third-order valence-electron chi connectivity index (χ3n) is 5.86. The highest BCUT2D eigenvalue weighted by Gasteiger charge is 2.48. The van der Waals surface area contributed by atoms with Gasteiger partial charge < -0.3 is 5.73 Å². The van der Waals surface area contributed by atoms with Crippen LogP contribution in [0, 0.1) is 17.3 Å². The van der Waals surface area contributed by atoms with Crippen molar-refractivity contribution in [1.82, 2.24) is 4.90 Å². The van der Waals surface area contributed by atoms with Gasteiger partial charge >= 0.3 is 0 Å². The number of hydrogen-bond acceptors (Lipinski definition) is 2. The van der Waals surface area contributed by atoms with Crippen LogP contribution in [-0.4, -0.2) is 30.1 Å². The molecular formula is C16H32N2. The summed E-state index contributed by atoms with van der Waals surface area (Å²) < 4.78 is 0. The summed E-state index contributed by atoms with van der Waals surface area (Å²) in [5.74, 6) is 1.65. The van der Waals surface area contributed by atoms with Crippen LogP contribution < -0.4 is 5.73 Å². The molecule has 0 radical (unpaired) electrons. The van der Waals surface area contributed by atoms with E-state index >= 15 is 0 Å². The van der Waals surface area contributed by atoms with Gasteiger partial charge in [0.15, 0.2) is 0 Å². The van der Waals surface area contributed by atoms with Gasteiger partial charge in [-0.05, 0) is 49.5 Å². The van der Waals surface area contributed by atoms with Crippen molar-refractivity contribution in [3.63, 3.8) is 0 Å². The molecule has 0 aromatic carbocycles. The summed E-state index contributed by atoms with van der Waals surface area (Å²) in [6.45, 7) is 13.0. The van der Waals surface area contributed by atoms with Crippen LogP contribution in [0.1, 0.15) is 59.8 Å². The van der Waals surface area contributed by atoms with E-state index in [4.69, 9.17) is 5.73 Å². The predicted molar refractivity (Wildman–Crippen MR) is 78.6 cm³/mol. The lowest BCUT2D eigenvalue weighted by Crippen LogP contribution is -2.60. The third-order valence-corrected chi connectivity index (χ3v) is 5.86. The lowest BCUT2D eigenvalue weighted by atomic mass is 9.63. The van der Waals surface area contributed by atoms with E-state index in [-0.39, 0.29) is 0 Å². The molecule has 1 aliphatic heterocycles. The van der Waals surface area contributed by atoms with Crippen molar-refractivity contribution >= 4 is 0 Å². The molecule has 0 bridgehead atoms. The van der Waals surface area contributed by atoms with E-state index in [0.717, 1.165) is 18.4 Å². The molecule has 2 rings (SSSR count). The Kier molecular flexibility index (Phi) is 4.08. The Morgan fingerprint density at radius 1 is 1.28 bits per heavy atom. The molecular weight excluding hydrogens is 220 g/mol. The Bertz CT molecular complexity index is 287. The molecule has 0 aromatic rings. The van der Waals surface area contributed by atoms with Crippen molar-refractivity contribution in [2.45, 2.75) is 65.3 Å². The second-order valence-corrected chi connectivity index (χ2v) is 7.59. The number of likely N-dealkylation sites (tertiary alicyclic amines) is 1. The highest BCUT2D eigenvalue weighted by atomic mass is 15.2. The van der Waals surface area contributed by atoms with Crippen molar-refractivity contribution in [3.05, 3.63) is 0 Å². The summed E-state index contributed by atoms with van der Waals surface area (Å²) in [5.41, 5.74) is 7.06. The van der Waals surface area contributed by atoms with Crippen LogP contribution in [0.3, 0.4) is 0 Å². The topological polar surface area (TPSA) is 29.3 Å². The van der Waals surface area contributed by atoms with Gasteiger partial charge in [-0.15, -0.1) is 0 Å². The molecule has 1 saturated heterocycles. The van der Waals surface area contributed by atoms with Crippen molar-refractivity contribution < 1.29 is 0 Å². The molecule has 0 aromatic heterocycles. The van der Waals surface area contributed by atoms with Crippen LogP contribution in [0.25, 0.3) is 0 Å². The number of hydrogen-bond donors (Lipinski definition) is 1. The van der Waals surface area contributed by atoms with Crippen molar-refractivity contribution in [1.29, 1.82) is 0 Å². The average Bonchev–Trinajstić information content (AvgIpc) is 2.78. The fourth-order valence-electron chi connectivity index (χ4n) is 4.39. The minimum Gasteiger partial charge on any atom is -0.329 e. The molecule has 3 atom stereocenters. The maximum Gasteiger partial charge on any atom is 0.0357 e. The van der Waals surface area contributed by atoms with Gasteiger partial charge in [0.1, 0.15) is 0 Å². The first-order chi connectivity index (χ1) is 8.43. The summed E-state index contributed by atoms with van der Waals surface area (Å²) >= 11 is 0. The van der Waals surface area contributed by atoms with Gasteiger partial charge in [-0.25, -0.2) is 0 Å². The quantitative estimate of drug-likeness (QED) is 0.835. The van der Waals surface area contributed by atoms with E-state index in [1.165, 1.54) is 45.2 Å². The van der Waals surface area contributed by atoms with E-state index in [1.54, 1.807) is 0 Å². The summed E-state index contributed by atoms with van der Waals surface area (Å²) in [4.78, 5) is 2.75. The Hall–Kier alpha value is -0.0800. The van der Waals surface area contributed by atoms with Crippen molar-refractivity contribution in [3.8, 4) is 0 Å². The highest BCUT2D eigenvalue weighted by molar-refractivity contribution is 5.03. The smallest absolute Gasteiger partial charge is 0.0357 e. The lowest BCUT2D eigenvalue weighted by Gasteiger charge is -2.53. The zero-order valence-corrected chi connectivity index (χ0v) is 12.8. The number of nitrogens with two attached hydrogens (primary N) is 1. The molecule has 1 heterocycles. The van der Waals surface area contributed by atoms with Crippen LogP contribution >= 0.6 is 0 Å². The largest absolute Gasteiger partial charge is 0.329 e. The first kappa shape index (κ1) is 14.3. The molecule has 2 nitrogen and oxygen atoms in total. The van der Waals surface area contributed by atoms with Gasteiger partial charge in [0, 0.05) is 18.6 Å². The van der Waals surface area contributed by atoms with Gasteiger partial charge in [0.2, 0.25) is 0 Å². The minimum absolute atomic E-state index is 0.305. The van der Waals surface area contributed by atoms with E-state index in [2.05, 4.69) is 32.6 Å². The van der Waals surface area contributed by atoms with Gasteiger partial charge in [0.05, 0.1) is 0 Å². The van der Waals surface area contributed by atoms with Gasteiger partial charge in [-0.3, -0.25) is 4.90 Å². The van der Waals surface area contributed by atoms with Crippen LogP contribution in [0.4, 0.5) is 0 Å². The maximum atomic E-state index is 6.24. The number of nitrogens with zero attached hydrogens (tertiary/aromatic N) is 1. The first-order valence-electron chi connectivity index (χ1n) is 7.88. The fourth-order valence-corrected chi connectivity index (χ4v) is 4.39. The van der Waals surface area contributed by atoms with Crippen LogP contribution in [0.5, 0.6) is 0 Å². The molecule has 2 N–H and O–H groups in total. The molecule has 106 valence electrons. The summed E-state index contributed by atoms with van der Waals surface area (Å²) in [7, 11) is 0. The first-order valence-corrected chi connectivity index (χ1v) is 7.88. The molecule has 2 aliphatic rings. The van der Waals surface area contributed by atoms with Crippen molar-refractivity contribution in [2.24, 2.45) is 23.0 Å². The molecule has 3 unspecified atom stereocenters. The predicted octanol–water partition coefficient (Wildman–Crippen LogP) is 3.26. The number of rotatable bonds is 3. The van der Waals surface area contributed by atoms with Crippen LogP contribution in [0.2, 0.25) is 0 Å². The van der Waals surface area contributed by atoms with Gasteiger partial charge in [-0.2, -0.15) is 0 Å². The SMILES string of the molecule is CCC1CCN(C2(CN)CCC(C)(C)CC2C)C1. The second-order valence-electron chi connectivity index (χ2n) is 7.59. The summed E-state index contributed by atoms with van der Waals surface area (Å²) in [6.07, 6.45) is 6.68. The Balaban J connectivity index is 2.12. The summed E-state index contributed by atoms with van der Waals surface area (Å²) in [5, 5.41) is 0. The van der Waals surface area contributed by atoms with Gasteiger partial charge in [-0.1, -0.05) is 34.1 Å². The third kappa shape index (κ3) is 2.46. The summed E-state index contributed by atoms with van der Waals surface area (Å²) in [6, 6.07) is 0. The van der Waals surface area contributed by atoms with Crippen LogP contribution in [-0.2, 0) is 0 Å². The minimum atomic E-state index is 0.305. The maximum absolute atomic E-state index is 6.24.